The van der Waals surface area contributed by atoms with E-state index in [1.807, 2.05) is 30.3 Å². The zero-order chi connectivity index (χ0) is 14.0. The summed E-state index contributed by atoms with van der Waals surface area (Å²) in [5, 5.41) is 0. The Bertz CT molecular complexity index is 491. The first-order valence-corrected chi connectivity index (χ1v) is 6.43. The van der Waals surface area contributed by atoms with Gasteiger partial charge in [-0.2, -0.15) is 0 Å². The number of ether oxygens (including phenoxy) is 2. The Balaban J connectivity index is 1.92. The van der Waals surface area contributed by atoms with Crippen LogP contribution in [0.4, 0.5) is 0 Å². The molecule has 1 aliphatic carbocycles. The smallest absolute Gasteiger partial charge is 0.310 e. The molecule has 0 bridgehead atoms. The second-order valence-electron chi connectivity index (χ2n) is 5.52. The summed E-state index contributed by atoms with van der Waals surface area (Å²) in [7, 11) is 1.62. The molecule has 1 aliphatic rings. The maximum absolute atomic E-state index is 12.0. The van der Waals surface area contributed by atoms with E-state index in [-0.39, 0.29) is 29.8 Å². The van der Waals surface area contributed by atoms with Crippen molar-refractivity contribution in [1.82, 2.24) is 0 Å². The zero-order valence-corrected chi connectivity index (χ0v) is 11.7. The fourth-order valence-corrected chi connectivity index (χ4v) is 2.57. The third-order valence-electron chi connectivity index (χ3n) is 3.93. The molecule has 0 heterocycles. The van der Waals surface area contributed by atoms with E-state index in [4.69, 9.17) is 9.47 Å². The monoisotopic (exact) mass is 260 g/mol. The van der Waals surface area contributed by atoms with E-state index in [9.17, 15) is 4.79 Å². The molecule has 1 saturated carbocycles. The van der Waals surface area contributed by atoms with Crippen LogP contribution < -0.4 is 4.74 Å². The predicted octanol–water partition coefficient (Wildman–Crippen LogP) is 3.20. The molecule has 0 aliphatic heterocycles. The van der Waals surface area contributed by atoms with Gasteiger partial charge in [0.15, 0.2) is 0 Å². The van der Waals surface area contributed by atoms with E-state index in [2.05, 4.69) is 20.4 Å². The van der Waals surface area contributed by atoms with Crippen molar-refractivity contribution < 1.29 is 14.3 Å². The highest BCUT2D eigenvalue weighted by Gasteiger charge is 2.61. The van der Waals surface area contributed by atoms with Gasteiger partial charge in [-0.15, -0.1) is 6.58 Å². The zero-order valence-electron chi connectivity index (χ0n) is 11.7. The van der Waals surface area contributed by atoms with Gasteiger partial charge in [0.25, 0.3) is 0 Å². The summed E-state index contributed by atoms with van der Waals surface area (Å²) >= 11 is 0. The lowest BCUT2D eigenvalue weighted by molar-refractivity contribution is -0.147. The average molecular weight is 260 g/mol. The van der Waals surface area contributed by atoms with Gasteiger partial charge in [-0.3, -0.25) is 4.79 Å². The van der Waals surface area contributed by atoms with Crippen molar-refractivity contribution in [2.24, 2.45) is 17.3 Å². The van der Waals surface area contributed by atoms with Crippen molar-refractivity contribution >= 4 is 5.97 Å². The van der Waals surface area contributed by atoms with Gasteiger partial charge in [-0.05, 0) is 29.0 Å². The topological polar surface area (TPSA) is 35.5 Å². The summed E-state index contributed by atoms with van der Waals surface area (Å²) in [6, 6.07) is 7.54. The van der Waals surface area contributed by atoms with E-state index >= 15 is 0 Å². The normalized spacial score (nSPS) is 23.5. The van der Waals surface area contributed by atoms with Crippen LogP contribution in [0.5, 0.6) is 5.75 Å². The summed E-state index contributed by atoms with van der Waals surface area (Å²) in [6.45, 7) is 8.18. The lowest BCUT2D eigenvalue weighted by Crippen LogP contribution is -2.10. The maximum atomic E-state index is 12.0. The molecule has 1 fully saturated rings. The van der Waals surface area contributed by atoms with Crippen molar-refractivity contribution in [1.29, 1.82) is 0 Å². The Kier molecular flexibility index (Phi) is 3.65. The molecule has 1 aromatic rings. The number of benzene rings is 1. The number of hydrogen-bond donors (Lipinski definition) is 0. The van der Waals surface area contributed by atoms with Crippen molar-refractivity contribution in [3.63, 3.8) is 0 Å². The van der Waals surface area contributed by atoms with Gasteiger partial charge in [0.1, 0.15) is 12.4 Å². The minimum Gasteiger partial charge on any atom is -0.497 e. The summed E-state index contributed by atoms with van der Waals surface area (Å²) in [5.74, 6) is 0.794. The quantitative estimate of drug-likeness (QED) is 0.602. The molecule has 0 N–H and O–H groups in total. The highest BCUT2D eigenvalue weighted by Crippen LogP contribution is 2.59. The highest BCUT2D eigenvalue weighted by atomic mass is 16.5. The minimum atomic E-state index is -0.141. The Morgan fingerprint density at radius 2 is 2.21 bits per heavy atom. The molecule has 2 atom stereocenters. The summed E-state index contributed by atoms with van der Waals surface area (Å²) in [6.07, 6.45) is 1.84. The molecule has 0 unspecified atom stereocenters. The molecule has 19 heavy (non-hydrogen) atoms. The van der Waals surface area contributed by atoms with Crippen molar-refractivity contribution in [2.75, 3.05) is 7.11 Å². The standard InChI is InChI=1S/C16H20O3/c1-5-13-14(16(13,2)3)15(17)19-10-11-7-6-8-12(9-11)18-4/h5-9,13-14H,1,10H2,2-4H3/t13-,14+/m1/s1. The lowest BCUT2D eigenvalue weighted by atomic mass is 10.1. The number of rotatable bonds is 5. The van der Waals surface area contributed by atoms with Gasteiger partial charge in [0.05, 0.1) is 13.0 Å². The van der Waals surface area contributed by atoms with Crippen LogP contribution in [0.1, 0.15) is 19.4 Å². The van der Waals surface area contributed by atoms with E-state index in [0.717, 1.165) is 11.3 Å². The third-order valence-corrected chi connectivity index (χ3v) is 3.93. The molecule has 3 heteroatoms. The van der Waals surface area contributed by atoms with Crippen LogP contribution in [0.2, 0.25) is 0 Å². The molecule has 0 saturated heterocycles. The number of methoxy groups -OCH3 is 1. The van der Waals surface area contributed by atoms with Crippen molar-refractivity contribution in [2.45, 2.75) is 20.5 Å². The molecule has 0 amide bonds. The van der Waals surface area contributed by atoms with Gasteiger partial charge in [-0.25, -0.2) is 0 Å². The van der Waals surface area contributed by atoms with Crippen LogP contribution in [-0.2, 0) is 16.1 Å². The molecule has 1 aromatic carbocycles. The molecule has 102 valence electrons. The molecule has 2 rings (SSSR count). The van der Waals surface area contributed by atoms with E-state index in [1.54, 1.807) is 7.11 Å². The van der Waals surface area contributed by atoms with Gasteiger partial charge >= 0.3 is 5.97 Å². The van der Waals surface area contributed by atoms with Gasteiger partial charge in [0.2, 0.25) is 0 Å². The molecule has 0 radical (unpaired) electrons. The number of carbonyl (C=O) groups is 1. The number of carbonyl (C=O) groups excluding carboxylic acids is 1. The van der Waals surface area contributed by atoms with Gasteiger partial charge in [0, 0.05) is 0 Å². The minimum absolute atomic E-state index is 0.0206. The van der Waals surface area contributed by atoms with E-state index < -0.39 is 0 Å². The van der Waals surface area contributed by atoms with Crippen LogP contribution in [0.3, 0.4) is 0 Å². The van der Waals surface area contributed by atoms with Crippen LogP contribution in [-0.4, -0.2) is 13.1 Å². The fourth-order valence-electron chi connectivity index (χ4n) is 2.57. The Morgan fingerprint density at radius 1 is 1.47 bits per heavy atom. The molecule has 0 spiro atoms. The lowest BCUT2D eigenvalue weighted by Gasteiger charge is -2.07. The first kappa shape index (κ1) is 13.7. The van der Waals surface area contributed by atoms with Crippen molar-refractivity contribution in [3.8, 4) is 5.75 Å². The number of allylic oxidation sites excluding steroid dienone is 1. The third kappa shape index (κ3) is 2.65. The largest absolute Gasteiger partial charge is 0.497 e. The molecule has 0 aromatic heterocycles. The predicted molar refractivity (Wildman–Crippen MR) is 73.7 cm³/mol. The van der Waals surface area contributed by atoms with Crippen LogP contribution in [0.25, 0.3) is 0 Å². The maximum Gasteiger partial charge on any atom is 0.310 e. The van der Waals surface area contributed by atoms with Crippen LogP contribution in [0.15, 0.2) is 36.9 Å². The Morgan fingerprint density at radius 3 is 2.79 bits per heavy atom. The van der Waals surface area contributed by atoms with E-state index in [1.165, 1.54) is 0 Å². The number of esters is 1. The molecule has 3 nitrogen and oxygen atoms in total. The second-order valence-corrected chi connectivity index (χ2v) is 5.52. The van der Waals surface area contributed by atoms with Crippen molar-refractivity contribution in [3.05, 3.63) is 42.5 Å². The second kappa shape index (κ2) is 5.08. The highest BCUT2D eigenvalue weighted by molar-refractivity contribution is 5.78. The summed E-state index contributed by atoms with van der Waals surface area (Å²) in [5.41, 5.74) is 0.911. The molecular formula is C16H20O3. The first-order valence-electron chi connectivity index (χ1n) is 6.43. The van der Waals surface area contributed by atoms with Gasteiger partial charge in [-0.1, -0.05) is 32.1 Å². The van der Waals surface area contributed by atoms with Crippen LogP contribution >= 0.6 is 0 Å². The molecular weight excluding hydrogens is 240 g/mol. The average Bonchev–Trinajstić information content (AvgIpc) is 2.98. The Labute approximate surface area is 114 Å². The number of hydrogen-bond acceptors (Lipinski definition) is 3. The Hall–Kier alpha value is -1.77. The SMILES string of the molecule is C=C[C@@H]1[C@@H](C(=O)OCc2cccc(OC)c2)C1(C)C. The van der Waals surface area contributed by atoms with Crippen LogP contribution in [0, 0.1) is 17.3 Å². The fraction of sp³-hybridized carbons (Fsp3) is 0.438. The van der Waals surface area contributed by atoms with Gasteiger partial charge < -0.3 is 9.47 Å². The first-order chi connectivity index (χ1) is 9.00. The summed E-state index contributed by atoms with van der Waals surface area (Å²) in [4.78, 5) is 12.0. The summed E-state index contributed by atoms with van der Waals surface area (Å²) < 4.78 is 10.5. The van der Waals surface area contributed by atoms with E-state index in [0.29, 0.717) is 0 Å².